The molecule has 0 aromatic carbocycles. The molecule has 0 aromatic heterocycles. The number of ether oxygens (including phenoxy) is 3. The third-order valence-corrected chi connectivity index (χ3v) is 10.8. The van der Waals surface area contributed by atoms with Crippen LogP contribution in [0.5, 0.6) is 0 Å². The molecule has 11 nitrogen and oxygen atoms in total. The van der Waals surface area contributed by atoms with Crippen molar-refractivity contribution in [2.24, 2.45) is 0 Å². The van der Waals surface area contributed by atoms with Gasteiger partial charge in [0.2, 0.25) is 5.91 Å². The maximum absolute atomic E-state index is 12.9. The van der Waals surface area contributed by atoms with E-state index in [0.717, 1.165) is 77.0 Å². The van der Waals surface area contributed by atoms with Crippen molar-refractivity contribution in [2.75, 3.05) is 19.8 Å². The first-order valence-corrected chi connectivity index (χ1v) is 24.2. The Morgan fingerprint density at radius 3 is 1.81 bits per heavy atom. The standard InChI is InChI=1S/C51H87NO10/c1-3-5-7-9-11-13-18-23-27-31-35-39-47(56)60-40-36-32-28-24-20-17-15-16-19-22-26-30-34-38-46(55)52-43(42-61-51-50(59)49(58)48(57)45(41-53)62-51)44(54)37-33-29-25-21-14-12-10-8-6-4-2/h6,8-9,11,14,16,19,21,26,30,33,37,43-45,48-51,53-54,57-59H,3-5,7,10,12-13,15,17-18,20,22-25,27-29,31-32,34-36,38-42H2,1-2H3,(H,52,55)/b8-6+,11-9-,19-16-,21-14+,30-26-,37-33+. The number of esters is 1. The molecule has 1 rings (SSSR count). The van der Waals surface area contributed by atoms with Crippen LogP contribution >= 0.6 is 0 Å². The Bertz CT molecular complexity index is 1260. The van der Waals surface area contributed by atoms with Crippen LogP contribution in [0.3, 0.4) is 0 Å². The molecule has 6 N–H and O–H groups in total. The number of hydrogen-bond donors (Lipinski definition) is 6. The molecule has 356 valence electrons. The predicted molar refractivity (Wildman–Crippen MR) is 250 cm³/mol. The zero-order valence-electron chi connectivity index (χ0n) is 38.5. The van der Waals surface area contributed by atoms with Gasteiger partial charge in [0.15, 0.2) is 6.29 Å². The maximum Gasteiger partial charge on any atom is 0.305 e. The van der Waals surface area contributed by atoms with Gasteiger partial charge < -0.3 is 45.1 Å². The zero-order valence-corrected chi connectivity index (χ0v) is 38.5. The molecule has 7 atom stereocenters. The van der Waals surface area contributed by atoms with Crippen LogP contribution in [0.2, 0.25) is 0 Å². The lowest BCUT2D eigenvalue weighted by atomic mass is 9.99. The van der Waals surface area contributed by atoms with Crippen molar-refractivity contribution in [3.05, 3.63) is 72.9 Å². The molecule has 11 heteroatoms. The average molecular weight is 874 g/mol. The van der Waals surface area contributed by atoms with Gasteiger partial charge in [0.05, 0.1) is 32.0 Å². The summed E-state index contributed by atoms with van der Waals surface area (Å²) in [6.45, 7) is 4.02. The summed E-state index contributed by atoms with van der Waals surface area (Å²) in [7, 11) is 0. The summed E-state index contributed by atoms with van der Waals surface area (Å²) in [4.78, 5) is 24.9. The fraction of sp³-hybridized carbons (Fsp3) is 0.725. The first kappa shape index (κ1) is 57.1. The number of carbonyl (C=O) groups excluding carboxylic acids is 2. The van der Waals surface area contributed by atoms with Crippen LogP contribution in [0.4, 0.5) is 0 Å². The lowest BCUT2D eigenvalue weighted by molar-refractivity contribution is -0.302. The van der Waals surface area contributed by atoms with Crippen molar-refractivity contribution in [2.45, 2.75) is 217 Å². The fourth-order valence-electron chi connectivity index (χ4n) is 6.85. The monoisotopic (exact) mass is 874 g/mol. The summed E-state index contributed by atoms with van der Waals surface area (Å²) in [6.07, 6.45) is 41.5. The van der Waals surface area contributed by atoms with Crippen LogP contribution in [0.1, 0.15) is 174 Å². The van der Waals surface area contributed by atoms with Crippen LogP contribution in [-0.4, -0.2) is 100 Å². The van der Waals surface area contributed by atoms with Crippen LogP contribution in [-0.2, 0) is 23.8 Å². The van der Waals surface area contributed by atoms with Crippen molar-refractivity contribution in [1.82, 2.24) is 5.32 Å². The van der Waals surface area contributed by atoms with Gasteiger partial charge >= 0.3 is 5.97 Å². The number of rotatable bonds is 39. The minimum atomic E-state index is -1.60. The summed E-state index contributed by atoms with van der Waals surface area (Å²) >= 11 is 0. The molecule has 1 aliphatic heterocycles. The molecule has 1 amide bonds. The second kappa shape index (κ2) is 40.8. The van der Waals surface area contributed by atoms with Gasteiger partial charge in [-0.1, -0.05) is 145 Å². The van der Waals surface area contributed by atoms with E-state index in [-0.39, 0.29) is 24.9 Å². The van der Waals surface area contributed by atoms with Crippen molar-refractivity contribution >= 4 is 11.9 Å². The van der Waals surface area contributed by atoms with Gasteiger partial charge in [0, 0.05) is 12.8 Å². The smallest absolute Gasteiger partial charge is 0.305 e. The molecule has 0 spiro atoms. The van der Waals surface area contributed by atoms with E-state index in [9.17, 15) is 35.1 Å². The number of hydrogen-bond acceptors (Lipinski definition) is 10. The Labute approximate surface area is 375 Å². The van der Waals surface area contributed by atoms with Crippen molar-refractivity contribution in [1.29, 1.82) is 0 Å². The molecule has 62 heavy (non-hydrogen) atoms. The third-order valence-electron chi connectivity index (χ3n) is 10.8. The van der Waals surface area contributed by atoms with Gasteiger partial charge in [-0.2, -0.15) is 0 Å². The number of amides is 1. The Balaban J connectivity index is 2.26. The second-order valence-electron chi connectivity index (χ2n) is 16.4. The van der Waals surface area contributed by atoms with Crippen molar-refractivity contribution in [3.8, 4) is 0 Å². The van der Waals surface area contributed by atoms with Crippen LogP contribution < -0.4 is 5.32 Å². The molecule has 7 unspecified atom stereocenters. The number of nitrogens with one attached hydrogen (secondary N) is 1. The topological polar surface area (TPSA) is 175 Å². The largest absolute Gasteiger partial charge is 0.466 e. The molecule has 0 bridgehead atoms. The van der Waals surface area contributed by atoms with Crippen molar-refractivity contribution < 1.29 is 49.3 Å². The molecule has 1 aliphatic rings. The quantitative estimate of drug-likeness (QED) is 0.0198. The normalized spacial score (nSPS) is 20.8. The Morgan fingerprint density at radius 1 is 0.613 bits per heavy atom. The van der Waals surface area contributed by atoms with E-state index in [1.165, 1.54) is 57.8 Å². The number of carbonyl (C=O) groups is 2. The molecule has 0 aromatic rings. The predicted octanol–water partition coefficient (Wildman–Crippen LogP) is 9.32. The highest BCUT2D eigenvalue weighted by Crippen LogP contribution is 2.22. The van der Waals surface area contributed by atoms with Gasteiger partial charge in [-0.15, -0.1) is 0 Å². The molecule has 0 radical (unpaired) electrons. The first-order chi connectivity index (χ1) is 30.2. The highest BCUT2D eigenvalue weighted by Gasteiger charge is 2.44. The van der Waals surface area contributed by atoms with E-state index in [2.05, 4.69) is 67.8 Å². The average Bonchev–Trinajstić information content (AvgIpc) is 3.27. The summed E-state index contributed by atoms with van der Waals surface area (Å²) in [5.74, 6) is -0.337. The number of aliphatic hydroxyl groups excluding tert-OH is 5. The van der Waals surface area contributed by atoms with E-state index >= 15 is 0 Å². The van der Waals surface area contributed by atoms with Crippen LogP contribution in [0.15, 0.2) is 72.9 Å². The highest BCUT2D eigenvalue weighted by molar-refractivity contribution is 5.76. The third kappa shape index (κ3) is 31.0. The van der Waals surface area contributed by atoms with Gasteiger partial charge in [0.1, 0.15) is 24.4 Å². The van der Waals surface area contributed by atoms with Crippen molar-refractivity contribution in [3.63, 3.8) is 0 Å². The molecular weight excluding hydrogens is 787 g/mol. The molecule has 1 heterocycles. The summed E-state index contributed by atoms with van der Waals surface area (Å²) in [6, 6.07) is -0.879. The number of unbranched alkanes of at least 4 members (excludes halogenated alkanes) is 15. The van der Waals surface area contributed by atoms with E-state index < -0.39 is 49.5 Å². The van der Waals surface area contributed by atoms with E-state index in [1.807, 2.05) is 18.2 Å². The Kier molecular flexibility index (Phi) is 37.6. The van der Waals surface area contributed by atoms with E-state index in [0.29, 0.717) is 25.9 Å². The highest BCUT2D eigenvalue weighted by atomic mass is 16.7. The summed E-state index contributed by atoms with van der Waals surface area (Å²) in [5.41, 5.74) is 0. The molecule has 0 aliphatic carbocycles. The lowest BCUT2D eigenvalue weighted by Crippen LogP contribution is -2.60. The summed E-state index contributed by atoms with van der Waals surface area (Å²) < 4.78 is 16.5. The number of aliphatic hydroxyl groups is 5. The molecule has 1 saturated heterocycles. The SMILES string of the molecule is CC/C=C/CC/C=C/CC/C=C/C(O)C(COC1OC(CO)C(O)C(O)C1O)NC(=O)CC/C=C\C/C=C\CCCCCCCCOC(=O)CCCCCCC/C=C\CCCC. The maximum atomic E-state index is 12.9. The van der Waals surface area contributed by atoms with E-state index in [1.54, 1.807) is 6.08 Å². The number of allylic oxidation sites excluding steroid dienone is 11. The first-order valence-electron chi connectivity index (χ1n) is 24.2. The van der Waals surface area contributed by atoms with Crippen LogP contribution in [0.25, 0.3) is 0 Å². The van der Waals surface area contributed by atoms with Gasteiger partial charge in [-0.05, 0) is 89.9 Å². The second-order valence-corrected chi connectivity index (χ2v) is 16.4. The minimum absolute atomic E-state index is 0.0542. The van der Waals surface area contributed by atoms with Gasteiger partial charge in [0.25, 0.3) is 0 Å². The molecule has 0 saturated carbocycles. The minimum Gasteiger partial charge on any atom is -0.466 e. The lowest BCUT2D eigenvalue weighted by Gasteiger charge is -2.40. The molecular formula is C51H87NO10. The van der Waals surface area contributed by atoms with E-state index in [4.69, 9.17) is 14.2 Å². The Morgan fingerprint density at radius 2 is 1.16 bits per heavy atom. The Hall–Kier alpha value is -2.90. The molecule has 1 fully saturated rings. The fourth-order valence-corrected chi connectivity index (χ4v) is 6.85. The van der Waals surface area contributed by atoms with Gasteiger partial charge in [-0.25, -0.2) is 0 Å². The zero-order chi connectivity index (χ0) is 45.3. The summed E-state index contributed by atoms with van der Waals surface area (Å²) in [5, 5.41) is 53.9. The van der Waals surface area contributed by atoms with Gasteiger partial charge in [-0.3, -0.25) is 9.59 Å². The van der Waals surface area contributed by atoms with Crippen LogP contribution in [0, 0.1) is 0 Å².